The molecule has 0 fully saturated rings. The maximum Gasteiger partial charge on any atom is 0.225 e. The van der Waals surface area contributed by atoms with Gasteiger partial charge in [-0.15, -0.1) is 5.10 Å². The molecule has 5 nitrogen and oxygen atoms in total. The molecule has 3 aromatic rings. The Bertz CT molecular complexity index is 680. The normalized spacial score (nSPS) is 10.9. The molecule has 17 heavy (non-hydrogen) atoms. The van der Waals surface area contributed by atoms with Gasteiger partial charge in [-0.2, -0.15) is 9.67 Å². The molecule has 0 atom stereocenters. The molecule has 2 aromatic heterocycles. The highest BCUT2D eigenvalue weighted by atomic mass is 35.5. The van der Waals surface area contributed by atoms with Crippen LogP contribution in [-0.2, 0) is 0 Å². The van der Waals surface area contributed by atoms with Gasteiger partial charge in [-0.25, -0.2) is 4.98 Å². The third-order valence-electron chi connectivity index (χ3n) is 2.23. The van der Waals surface area contributed by atoms with E-state index in [1.54, 1.807) is 4.68 Å². The topological polar surface area (TPSA) is 56.5 Å². The summed E-state index contributed by atoms with van der Waals surface area (Å²) in [6, 6.07) is 9.48. The lowest BCUT2D eigenvalue weighted by molar-refractivity contribution is 0.817. The summed E-state index contributed by atoms with van der Waals surface area (Å²) in [5.41, 5.74) is 1.75. The molecule has 0 aliphatic carbocycles. The average Bonchev–Trinajstić information content (AvgIpc) is 2.74. The summed E-state index contributed by atoms with van der Waals surface area (Å²) in [4.78, 5) is 7.89. The zero-order chi connectivity index (χ0) is 11.8. The van der Waals surface area contributed by atoms with Crippen molar-refractivity contribution in [3.05, 3.63) is 40.8 Å². The second-order valence-electron chi connectivity index (χ2n) is 3.29. The molecule has 84 valence electrons. The standard InChI is InChI=1S/C10H5Cl2N5/c11-8-7-9(14-10(12)13-8)17(16-15-7)6-4-2-1-3-5-6/h1-5H. The minimum absolute atomic E-state index is 0.0713. The van der Waals surface area contributed by atoms with Crippen LogP contribution in [-0.4, -0.2) is 25.0 Å². The second-order valence-corrected chi connectivity index (χ2v) is 3.99. The Morgan fingerprint density at radius 2 is 1.76 bits per heavy atom. The van der Waals surface area contributed by atoms with Crippen molar-refractivity contribution in [3.8, 4) is 5.69 Å². The lowest BCUT2D eigenvalue weighted by atomic mass is 10.3. The Morgan fingerprint density at radius 3 is 2.53 bits per heavy atom. The zero-order valence-corrected chi connectivity index (χ0v) is 9.89. The van der Waals surface area contributed by atoms with Gasteiger partial charge in [0.2, 0.25) is 5.28 Å². The molecule has 0 saturated heterocycles. The first-order valence-corrected chi connectivity index (χ1v) is 5.51. The van der Waals surface area contributed by atoms with Gasteiger partial charge < -0.3 is 0 Å². The number of hydrogen-bond acceptors (Lipinski definition) is 4. The van der Waals surface area contributed by atoms with Crippen LogP contribution in [0.5, 0.6) is 0 Å². The molecule has 0 aliphatic heterocycles. The maximum atomic E-state index is 5.91. The van der Waals surface area contributed by atoms with Crippen LogP contribution in [0.4, 0.5) is 0 Å². The van der Waals surface area contributed by atoms with E-state index in [0.29, 0.717) is 11.2 Å². The molecule has 0 spiro atoms. The number of rotatable bonds is 1. The predicted molar refractivity (Wildman–Crippen MR) is 64.5 cm³/mol. The largest absolute Gasteiger partial charge is 0.225 e. The van der Waals surface area contributed by atoms with Crippen molar-refractivity contribution in [1.29, 1.82) is 0 Å². The summed E-state index contributed by atoms with van der Waals surface area (Å²) in [5, 5.41) is 8.19. The van der Waals surface area contributed by atoms with Gasteiger partial charge in [0.25, 0.3) is 0 Å². The Kier molecular flexibility index (Phi) is 2.42. The molecule has 0 saturated carbocycles. The molecular weight excluding hydrogens is 261 g/mol. The molecule has 0 radical (unpaired) electrons. The molecule has 0 unspecified atom stereocenters. The van der Waals surface area contributed by atoms with Gasteiger partial charge >= 0.3 is 0 Å². The molecular formula is C10H5Cl2N5. The lowest BCUT2D eigenvalue weighted by Gasteiger charge is -2.00. The zero-order valence-electron chi connectivity index (χ0n) is 8.38. The van der Waals surface area contributed by atoms with Gasteiger partial charge in [0.15, 0.2) is 16.3 Å². The summed E-state index contributed by atoms with van der Waals surface area (Å²) < 4.78 is 1.56. The summed E-state index contributed by atoms with van der Waals surface area (Å²) in [5.74, 6) is 0. The third kappa shape index (κ3) is 1.73. The van der Waals surface area contributed by atoms with E-state index in [9.17, 15) is 0 Å². The number of para-hydroxylation sites is 1. The SMILES string of the molecule is Clc1nc(Cl)c2nnn(-c3ccccc3)c2n1. The number of hydrogen-bond donors (Lipinski definition) is 0. The van der Waals surface area contributed by atoms with Gasteiger partial charge in [-0.05, 0) is 23.7 Å². The maximum absolute atomic E-state index is 5.91. The number of nitrogens with zero attached hydrogens (tertiary/aromatic N) is 5. The van der Waals surface area contributed by atoms with Crippen LogP contribution in [0.15, 0.2) is 30.3 Å². The van der Waals surface area contributed by atoms with Gasteiger partial charge in [0.05, 0.1) is 5.69 Å². The number of aromatic nitrogens is 5. The molecule has 0 bridgehead atoms. The third-order valence-corrected chi connectivity index (χ3v) is 2.66. The van der Waals surface area contributed by atoms with Gasteiger partial charge in [-0.3, -0.25) is 0 Å². The van der Waals surface area contributed by atoms with Gasteiger partial charge in [0, 0.05) is 0 Å². The average molecular weight is 266 g/mol. The van der Waals surface area contributed by atoms with Crippen molar-refractivity contribution >= 4 is 34.4 Å². The Hall–Kier alpha value is -1.72. The fraction of sp³-hybridized carbons (Fsp3) is 0. The molecule has 2 heterocycles. The summed E-state index contributed by atoms with van der Waals surface area (Å²) in [6.45, 7) is 0. The van der Waals surface area contributed by atoms with Crippen molar-refractivity contribution in [2.45, 2.75) is 0 Å². The van der Waals surface area contributed by atoms with Crippen molar-refractivity contribution in [3.63, 3.8) is 0 Å². The molecule has 7 heteroatoms. The molecule has 0 aliphatic rings. The number of benzene rings is 1. The van der Waals surface area contributed by atoms with Gasteiger partial charge in [0.1, 0.15) is 0 Å². The smallest absolute Gasteiger partial charge is 0.203 e. The Labute approximate surface area is 106 Å². The van der Waals surface area contributed by atoms with E-state index in [4.69, 9.17) is 23.2 Å². The van der Waals surface area contributed by atoms with Crippen molar-refractivity contribution < 1.29 is 0 Å². The van der Waals surface area contributed by atoms with Crippen LogP contribution in [0.25, 0.3) is 16.9 Å². The first kappa shape index (κ1) is 10.4. The summed E-state index contributed by atoms with van der Waals surface area (Å²) in [7, 11) is 0. The van der Waals surface area contributed by atoms with Crippen LogP contribution >= 0.6 is 23.2 Å². The van der Waals surface area contributed by atoms with Crippen molar-refractivity contribution in [2.75, 3.05) is 0 Å². The van der Waals surface area contributed by atoms with Crippen LogP contribution in [0, 0.1) is 0 Å². The number of fused-ring (bicyclic) bond motifs is 1. The molecule has 0 N–H and O–H groups in total. The minimum atomic E-state index is 0.0713. The Morgan fingerprint density at radius 1 is 1.00 bits per heavy atom. The molecule has 0 amide bonds. The monoisotopic (exact) mass is 265 g/mol. The first-order valence-electron chi connectivity index (χ1n) is 4.75. The fourth-order valence-corrected chi connectivity index (χ4v) is 1.91. The Balaban J connectivity index is 2.32. The van der Waals surface area contributed by atoms with Crippen LogP contribution in [0.3, 0.4) is 0 Å². The highest BCUT2D eigenvalue weighted by molar-refractivity contribution is 6.35. The van der Waals surface area contributed by atoms with E-state index in [1.807, 2.05) is 30.3 Å². The summed E-state index contributed by atoms with van der Waals surface area (Å²) >= 11 is 11.7. The second kappa shape index (κ2) is 3.94. The minimum Gasteiger partial charge on any atom is -0.203 e. The van der Waals surface area contributed by atoms with Crippen molar-refractivity contribution in [2.24, 2.45) is 0 Å². The van der Waals surface area contributed by atoms with E-state index in [2.05, 4.69) is 20.3 Å². The van der Waals surface area contributed by atoms with Crippen molar-refractivity contribution in [1.82, 2.24) is 25.0 Å². The quantitative estimate of drug-likeness (QED) is 0.501. The van der Waals surface area contributed by atoms with Crippen LogP contribution in [0.2, 0.25) is 10.4 Å². The first-order chi connectivity index (χ1) is 8.25. The summed E-state index contributed by atoms with van der Waals surface area (Å²) in [6.07, 6.45) is 0. The fourth-order valence-electron chi connectivity index (χ4n) is 1.50. The highest BCUT2D eigenvalue weighted by Gasteiger charge is 2.13. The van der Waals surface area contributed by atoms with E-state index in [1.165, 1.54) is 0 Å². The van der Waals surface area contributed by atoms with E-state index >= 15 is 0 Å². The highest BCUT2D eigenvalue weighted by Crippen LogP contribution is 2.21. The lowest BCUT2D eigenvalue weighted by Crippen LogP contribution is -1.98. The van der Waals surface area contributed by atoms with Gasteiger partial charge in [-0.1, -0.05) is 35.0 Å². The predicted octanol–water partition coefficient (Wildman–Crippen LogP) is 2.52. The van der Waals surface area contributed by atoms with E-state index in [0.717, 1.165) is 5.69 Å². The van der Waals surface area contributed by atoms with Crippen LogP contribution < -0.4 is 0 Å². The molecule has 1 aromatic carbocycles. The van der Waals surface area contributed by atoms with Crippen LogP contribution in [0.1, 0.15) is 0 Å². The molecule has 3 rings (SSSR count). The van der Waals surface area contributed by atoms with E-state index in [-0.39, 0.29) is 10.4 Å². The number of halogens is 2. The van der Waals surface area contributed by atoms with E-state index < -0.39 is 0 Å².